The van der Waals surface area contributed by atoms with Gasteiger partial charge in [-0.05, 0) is 18.2 Å². The molecule has 0 aliphatic heterocycles. The van der Waals surface area contributed by atoms with Crippen LogP contribution in [0.5, 0.6) is 0 Å². The fourth-order valence-corrected chi connectivity index (χ4v) is 1.89. The Morgan fingerprint density at radius 2 is 1.76 bits per heavy atom. The SMILES string of the molecule is O=c1[nH]c2ccccc2nc1NCCNc1ncccn1. The number of nitrogens with one attached hydrogen (secondary N) is 3. The van der Waals surface area contributed by atoms with Crippen LogP contribution < -0.4 is 16.2 Å². The van der Waals surface area contributed by atoms with Crippen LogP contribution in [-0.4, -0.2) is 33.0 Å². The highest BCUT2D eigenvalue weighted by Crippen LogP contribution is 2.07. The van der Waals surface area contributed by atoms with E-state index in [0.29, 0.717) is 24.9 Å². The normalized spacial score (nSPS) is 10.5. The van der Waals surface area contributed by atoms with E-state index in [-0.39, 0.29) is 5.56 Å². The highest BCUT2D eigenvalue weighted by atomic mass is 16.1. The zero-order chi connectivity index (χ0) is 14.5. The van der Waals surface area contributed by atoms with E-state index >= 15 is 0 Å². The molecular formula is C14H14N6O. The van der Waals surface area contributed by atoms with Crippen molar-refractivity contribution in [2.75, 3.05) is 23.7 Å². The summed E-state index contributed by atoms with van der Waals surface area (Å²) in [7, 11) is 0. The number of hydrogen-bond donors (Lipinski definition) is 3. The first kappa shape index (κ1) is 13.0. The molecule has 3 N–H and O–H groups in total. The minimum absolute atomic E-state index is 0.232. The van der Waals surface area contributed by atoms with Gasteiger partial charge in [0.2, 0.25) is 5.95 Å². The van der Waals surface area contributed by atoms with Gasteiger partial charge in [-0.25, -0.2) is 15.0 Å². The van der Waals surface area contributed by atoms with E-state index in [0.717, 1.165) is 11.0 Å². The van der Waals surface area contributed by atoms with E-state index in [1.54, 1.807) is 18.5 Å². The van der Waals surface area contributed by atoms with Gasteiger partial charge in [-0.1, -0.05) is 12.1 Å². The van der Waals surface area contributed by atoms with Crippen molar-refractivity contribution in [3.05, 3.63) is 53.1 Å². The maximum absolute atomic E-state index is 11.9. The third kappa shape index (κ3) is 3.14. The molecule has 7 heteroatoms. The van der Waals surface area contributed by atoms with Crippen LogP contribution >= 0.6 is 0 Å². The van der Waals surface area contributed by atoms with Crippen LogP contribution in [0.15, 0.2) is 47.5 Å². The largest absolute Gasteiger partial charge is 0.364 e. The van der Waals surface area contributed by atoms with Crippen molar-refractivity contribution in [1.82, 2.24) is 19.9 Å². The molecule has 0 bridgehead atoms. The minimum atomic E-state index is -0.232. The van der Waals surface area contributed by atoms with Crippen molar-refractivity contribution >= 4 is 22.8 Å². The molecule has 3 rings (SSSR count). The summed E-state index contributed by atoms with van der Waals surface area (Å²) in [4.78, 5) is 27.1. The van der Waals surface area contributed by atoms with Crippen LogP contribution in [0.25, 0.3) is 11.0 Å². The van der Waals surface area contributed by atoms with E-state index in [2.05, 4.69) is 30.6 Å². The molecule has 0 amide bonds. The molecule has 0 unspecified atom stereocenters. The number of aromatic nitrogens is 4. The highest BCUT2D eigenvalue weighted by molar-refractivity contribution is 5.75. The summed E-state index contributed by atoms with van der Waals surface area (Å²) in [6, 6.07) is 9.17. The van der Waals surface area contributed by atoms with Gasteiger partial charge in [-0.15, -0.1) is 0 Å². The Hall–Kier alpha value is -2.96. The molecule has 7 nitrogen and oxygen atoms in total. The van der Waals surface area contributed by atoms with Crippen LogP contribution in [0.2, 0.25) is 0 Å². The Bertz CT molecular complexity index is 786. The van der Waals surface area contributed by atoms with E-state index in [9.17, 15) is 4.79 Å². The van der Waals surface area contributed by atoms with Gasteiger partial charge in [0, 0.05) is 25.5 Å². The van der Waals surface area contributed by atoms with Crippen LogP contribution in [0, 0.1) is 0 Å². The van der Waals surface area contributed by atoms with Gasteiger partial charge in [0.25, 0.3) is 5.56 Å². The second kappa shape index (κ2) is 6.00. The first-order chi connectivity index (χ1) is 10.3. The number of benzene rings is 1. The highest BCUT2D eigenvalue weighted by Gasteiger charge is 2.03. The van der Waals surface area contributed by atoms with Crippen molar-refractivity contribution in [1.29, 1.82) is 0 Å². The monoisotopic (exact) mass is 282 g/mol. The minimum Gasteiger partial charge on any atom is -0.364 e. The first-order valence-corrected chi connectivity index (χ1v) is 6.57. The molecule has 106 valence electrons. The molecule has 0 saturated carbocycles. The smallest absolute Gasteiger partial charge is 0.291 e. The third-order valence-electron chi connectivity index (χ3n) is 2.87. The lowest BCUT2D eigenvalue weighted by atomic mass is 10.3. The van der Waals surface area contributed by atoms with Gasteiger partial charge in [-0.3, -0.25) is 4.79 Å². The summed E-state index contributed by atoms with van der Waals surface area (Å²) >= 11 is 0. The van der Waals surface area contributed by atoms with Crippen molar-refractivity contribution in [3.63, 3.8) is 0 Å². The lowest BCUT2D eigenvalue weighted by Gasteiger charge is -2.07. The van der Waals surface area contributed by atoms with Crippen molar-refractivity contribution in [2.45, 2.75) is 0 Å². The number of para-hydroxylation sites is 2. The van der Waals surface area contributed by atoms with Crippen molar-refractivity contribution in [3.8, 4) is 0 Å². The molecule has 0 atom stereocenters. The number of rotatable bonds is 5. The predicted octanol–water partition coefficient (Wildman–Crippen LogP) is 1.24. The third-order valence-corrected chi connectivity index (χ3v) is 2.87. The van der Waals surface area contributed by atoms with E-state index in [4.69, 9.17) is 0 Å². The first-order valence-electron chi connectivity index (χ1n) is 6.57. The molecule has 21 heavy (non-hydrogen) atoms. The number of aromatic amines is 1. The number of fused-ring (bicyclic) bond motifs is 1. The fraction of sp³-hybridized carbons (Fsp3) is 0.143. The standard InChI is InChI=1S/C14H14N6O/c21-13-12(19-10-4-1-2-5-11(10)20-13)15-8-9-18-14-16-6-3-7-17-14/h1-7H,8-9H2,(H,15,19)(H,20,21)(H,16,17,18). The van der Waals surface area contributed by atoms with E-state index in [1.807, 2.05) is 24.3 Å². The average molecular weight is 282 g/mol. The average Bonchev–Trinajstić information content (AvgIpc) is 2.53. The molecule has 3 aromatic rings. The van der Waals surface area contributed by atoms with Crippen LogP contribution in [-0.2, 0) is 0 Å². The molecule has 2 heterocycles. The maximum Gasteiger partial charge on any atom is 0.291 e. The lowest BCUT2D eigenvalue weighted by Crippen LogP contribution is -2.21. The molecule has 0 saturated heterocycles. The zero-order valence-corrected chi connectivity index (χ0v) is 11.2. The Kier molecular flexibility index (Phi) is 3.72. The van der Waals surface area contributed by atoms with Gasteiger partial charge >= 0.3 is 0 Å². The summed E-state index contributed by atoms with van der Waals surface area (Å²) in [6.45, 7) is 1.12. The van der Waals surface area contributed by atoms with Gasteiger partial charge in [-0.2, -0.15) is 0 Å². The summed E-state index contributed by atoms with van der Waals surface area (Å²) in [5.41, 5.74) is 1.24. The van der Waals surface area contributed by atoms with Crippen LogP contribution in [0.1, 0.15) is 0 Å². The quantitative estimate of drug-likeness (QED) is 0.609. The molecular weight excluding hydrogens is 268 g/mol. The molecule has 0 aliphatic rings. The van der Waals surface area contributed by atoms with Crippen molar-refractivity contribution < 1.29 is 0 Å². The summed E-state index contributed by atoms with van der Waals surface area (Å²) in [6.07, 6.45) is 3.33. The number of H-pyrrole nitrogens is 1. The van der Waals surface area contributed by atoms with Gasteiger partial charge in [0.1, 0.15) is 0 Å². The number of hydrogen-bond acceptors (Lipinski definition) is 6. The number of anilines is 2. The molecule has 0 spiro atoms. The second-order valence-electron chi connectivity index (χ2n) is 4.36. The van der Waals surface area contributed by atoms with Gasteiger partial charge in [0.15, 0.2) is 5.82 Å². The van der Waals surface area contributed by atoms with Gasteiger partial charge < -0.3 is 15.6 Å². The molecule has 0 aliphatic carbocycles. The Balaban J connectivity index is 1.63. The van der Waals surface area contributed by atoms with E-state index < -0.39 is 0 Å². The summed E-state index contributed by atoms with van der Waals surface area (Å²) in [5.74, 6) is 0.865. The van der Waals surface area contributed by atoms with E-state index in [1.165, 1.54) is 0 Å². The maximum atomic E-state index is 11.9. The Labute approximate surface area is 120 Å². The molecule has 1 aromatic carbocycles. The molecule has 2 aromatic heterocycles. The topological polar surface area (TPSA) is 95.6 Å². The predicted molar refractivity (Wildman–Crippen MR) is 81.4 cm³/mol. The van der Waals surface area contributed by atoms with Crippen LogP contribution in [0.3, 0.4) is 0 Å². The van der Waals surface area contributed by atoms with Crippen molar-refractivity contribution in [2.24, 2.45) is 0 Å². The van der Waals surface area contributed by atoms with Gasteiger partial charge in [0.05, 0.1) is 11.0 Å². The van der Waals surface area contributed by atoms with Crippen LogP contribution in [0.4, 0.5) is 11.8 Å². The Morgan fingerprint density at radius 1 is 1.00 bits per heavy atom. The molecule has 0 radical (unpaired) electrons. The lowest BCUT2D eigenvalue weighted by molar-refractivity contribution is 1.01. The second-order valence-corrected chi connectivity index (χ2v) is 4.36. The number of nitrogens with zero attached hydrogens (tertiary/aromatic N) is 3. The molecule has 0 fully saturated rings. The zero-order valence-electron chi connectivity index (χ0n) is 11.2. The summed E-state index contributed by atoms with van der Waals surface area (Å²) < 4.78 is 0. The fourth-order valence-electron chi connectivity index (χ4n) is 1.89. The Morgan fingerprint density at radius 3 is 2.62 bits per heavy atom. The summed E-state index contributed by atoms with van der Waals surface area (Å²) in [5, 5.41) is 6.05.